The normalized spacial score (nSPS) is 51.6. The highest BCUT2D eigenvalue weighted by Crippen LogP contribution is 2.54. The van der Waals surface area contributed by atoms with Gasteiger partial charge in [0.25, 0.3) is 0 Å². The molecule has 2 rings (SSSR count). The van der Waals surface area contributed by atoms with Crippen LogP contribution in [0.25, 0.3) is 0 Å². The highest BCUT2D eigenvalue weighted by molar-refractivity contribution is 5.86. The average molecular weight is 110 g/mol. The van der Waals surface area contributed by atoms with Crippen molar-refractivity contribution in [2.45, 2.75) is 19.8 Å². The van der Waals surface area contributed by atoms with Gasteiger partial charge in [-0.3, -0.25) is 4.79 Å². The van der Waals surface area contributed by atoms with Crippen LogP contribution >= 0.6 is 0 Å². The number of hydrogen-bond donors (Lipinski definition) is 0. The fourth-order valence-electron chi connectivity index (χ4n) is 2.00. The highest BCUT2D eigenvalue weighted by Gasteiger charge is 2.54. The van der Waals surface area contributed by atoms with Crippen LogP contribution < -0.4 is 0 Å². The summed E-state index contributed by atoms with van der Waals surface area (Å²) < 4.78 is 0. The van der Waals surface area contributed by atoms with Crippen LogP contribution in [0.2, 0.25) is 0 Å². The molecule has 3 atom stereocenters. The fraction of sp³-hybridized carbons (Fsp3) is 0.857. The van der Waals surface area contributed by atoms with Gasteiger partial charge in [-0.2, -0.15) is 0 Å². The van der Waals surface area contributed by atoms with Gasteiger partial charge in [0.2, 0.25) is 0 Å². The monoisotopic (exact) mass is 110 g/mol. The zero-order valence-corrected chi connectivity index (χ0v) is 5.05. The van der Waals surface area contributed by atoms with Crippen molar-refractivity contribution in [3.8, 4) is 0 Å². The number of Topliss-reactive ketones (excluding diaryl/α,β-unsaturated/α-hetero) is 1. The maximum Gasteiger partial charge on any atom is 0.136 e. The standard InChI is InChI=1S/C7H10O/c1-4-5-2-3-6(8)7(4)5/h4-5,7H,2-3H2,1H3/t4-,5-,7-/m1/s1. The van der Waals surface area contributed by atoms with E-state index < -0.39 is 0 Å². The molecule has 0 amide bonds. The summed E-state index contributed by atoms with van der Waals surface area (Å²) in [5, 5.41) is 0. The smallest absolute Gasteiger partial charge is 0.136 e. The Kier molecular flexibility index (Phi) is 0.651. The zero-order valence-electron chi connectivity index (χ0n) is 5.05. The van der Waals surface area contributed by atoms with Gasteiger partial charge in [0.15, 0.2) is 0 Å². The van der Waals surface area contributed by atoms with Crippen molar-refractivity contribution in [3.05, 3.63) is 0 Å². The Balaban J connectivity index is 2.18. The number of rotatable bonds is 0. The molecule has 2 fully saturated rings. The van der Waals surface area contributed by atoms with Gasteiger partial charge in [-0.1, -0.05) is 6.92 Å². The third-order valence-corrected chi connectivity index (χ3v) is 2.66. The van der Waals surface area contributed by atoms with Crippen LogP contribution in [-0.2, 0) is 4.79 Å². The maximum atomic E-state index is 10.8. The van der Waals surface area contributed by atoms with E-state index in [1.54, 1.807) is 0 Å². The van der Waals surface area contributed by atoms with E-state index in [1.807, 2.05) is 0 Å². The van der Waals surface area contributed by atoms with E-state index in [2.05, 4.69) is 6.92 Å². The SMILES string of the molecule is C[C@@H]1[C@H]2CCC(=O)[C@H]12. The Hall–Kier alpha value is -0.330. The van der Waals surface area contributed by atoms with Gasteiger partial charge in [0, 0.05) is 12.3 Å². The first kappa shape index (κ1) is 4.54. The van der Waals surface area contributed by atoms with Gasteiger partial charge in [0.1, 0.15) is 5.78 Å². The molecule has 0 unspecified atom stereocenters. The molecular formula is C7H10O. The van der Waals surface area contributed by atoms with Crippen LogP contribution in [0.3, 0.4) is 0 Å². The molecule has 44 valence electrons. The van der Waals surface area contributed by atoms with E-state index in [-0.39, 0.29) is 0 Å². The minimum atomic E-state index is 0.509. The van der Waals surface area contributed by atoms with Gasteiger partial charge >= 0.3 is 0 Å². The predicted octanol–water partition coefficient (Wildman–Crippen LogP) is 1.23. The van der Waals surface area contributed by atoms with Crippen LogP contribution in [0.1, 0.15) is 19.8 Å². The molecule has 2 saturated carbocycles. The summed E-state index contributed by atoms with van der Waals surface area (Å²) in [5.74, 6) is 2.59. The van der Waals surface area contributed by atoms with Gasteiger partial charge in [0.05, 0.1) is 0 Å². The van der Waals surface area contributed by atoms with Crippen LogP contribution in [0, 0.1) is 17.8 Å². The third kappa shape index (κ3) is 0.355. The maximum absolute atomic E-state index is 10.8. The average Bonchev–Trinajstić information content (AvgIpc) is 2.13. The Morgan fingerprint density at radius 2 is 2.38 bits per heavy atom. The second kappa shape index (κ2) is 1.15. The van der Waals surface area contributed by atoms with Crippen LogP contribution in [0.4, 0.5) is 0 Å². The summed E-state index contributed by atoms with van der Waals surface area (Å²) in [7, 11) is 0. The molecule has 0 heterocycles. The molecule has 0 saturated heterocycles. The zero-order chi connectivity index (χ0) is 5.72. The molecular weight excluding hydrogens is 100 g/mol. The third-order valence-electron chi connectivity index (χ3n) is 2.66. The Morgan fingerprint density at radius 3 is 2.62 bits per heavy atom. The van der Waals surface area contributed by atoms with E-state index in [0.717, 1.165) is 18.3 Å². The number of ketones is 1. The molecule has 1 nitrogen and oxygen atoms in total. The Bertz CT molecular complexity index is 139. The van der Waals surface area contributed by atoms with Crippen molar-refractivity contribution >= 4 is 5.78 Å². The summed E-state index contributed by atoms with van der Waals surface area (Å²) in [6.07, 6.45) is 2.06. The van der Waals surface area contributed by atoms with Crippen molar-refractivity contribution in [3.63, 3.8) is 0 Å². The van der Waals surface area contributed by atoms with E-state index in [1.165, 1.54) is 6.42 Å². The number of fused-ring (bicyclic) bond motifs is 1. The van der Waals surface area contributed by atoms with Crippen LogP contribution in [0.5, 0.6) is 0 Å². The summed E-state index contributed by atoms with van der Waals surface area (Å²) >= 11 is 0. The topological polar surface area (TPSA) is 17.1 Å². The summed E-state index contributed by atoms with van der Waals surface area (Å²) in [6, 6.07) is 0. The minimum Gasteiger partial charge on any atom is -0.299 e. The molecule has 0 N–H and O–H groups in total. The fourth-order valence-corrected chi connectivity index (χ4v) is 2.00. The Labute approximate surface area is 49.1 Å². The predicted molar refractivity (Wildman–Crippen MR) is 30.4 cm³/mol. The molecule has 0 aromatic carbocycles. The first-order chi connectivity index (χ1) is 3.80. The Morgan fingerprint density at radius 1 is 1.62 bits per heavy atom. The minimum absolute atomic E-state index is 0.509. The summed E-state index contributed by atoms with van der Waals surface area (Å²) in [5.41, 5.74) is 0. The van der Waals surface area contributed by atoms with Crippen LogP contribution in [0.15, 0.2) is 0 Å². The van der Waals surface area contributed by atoms with Crippen LogP contribution in [-0.4, -0.2) is 5.78 Å². The molecule has 2 aliphatic carbocycles. The van der Waals surface area contributed by atoms with E-state index in [9.17, 15) is 4.79 Å². The highest BCUT2D eigenvalue weighted by atomic mass is 16.1. The van der Waals surface area contributed by atoms with Gasteiger partial charge < -0.3 is 0 Å². The number of carbonyl (C=O) groups excluding carboxylic acids is 1. The van der Waals surface area contributed by atoms with Gasteiger partial charge in [-0.25, -0.2) is 0 Å². The van der Waals surface area contributed by atoms with E-state index >= 15 is 0 Å². The van der Waals surface area contributed by atoms with Crippen molar-refractivity contribution in [1.29, 1.82) is 0 Å². The quantitative estimate of drug-likeness (QED) is 0.458. The molecule has 0 aromatic heterocycles. The number of hydrogen-bond acceptors (Lipinski definition) is 1. The second-order valence-corrected chi connectivity index (χ2v) is 3.05. The molecule has 1 heteroatoms. The molecule has 0 bridgehead atoms. The lowest BCUT2D eigenvalue weighted by Crippen LogP contribution is -1.95. The van der Waals surface area contributed by atoms with Crippen molar-refractivity contribution in [2.75, 3.05) is 0 Å². The van der Waals surface area contributed by atoms with Crippen molar-refractivity contribution < 1.29 is 4.79 Å². The van der Waals surface area contributed by atoms with Gasteiger partial charge in [-0.05, 0) is 18.3 Å². The second-order valence-electron chi connectivity index (χ2n) is 3.05. The molecule has 0 aliphatic heterocycles. The largest absolute Gasteiger partial charge is 0.299 e. The van der Waals surface area contributed by atoms with Gasteiger partial charge in [-0.15, -0.1) is 0 Å². The van der Waals surface area contributed by atoms with Crippen molar-refractivity contribution in [1.82, 2.24) is 0 Å². The summed E-state index contributed by atoms with van der Waals surface area (Å²) in [6.45, 7) is 2.19. The molecule has 2 aliphatic rings. The molecule has 8 heavy (non-hydrogen) atoms. The molecule has 0 spiro atoms. The molecule has 0 aromatic rings. The lowest BCUT2D eigenvalue weighted by atomic mass is 10.2. The summed E-state index contributed by atoms with van der Waals surface area (Å²) in [4.78, 5) is 10.8. The van der Waals surface area contributed by atoms with E-state index in [4.69, 9.17) is 0 Å². The van der Waals surface area contributed by atoms with Crippen molar-refractivity contribution in [2.24, 2.45) is 17.8 Å². The lowest BCUT2D eigenvalue weighted by molar-refractivity contribution is -0.119. The van der Waals surface area contributed by atoms with E-state index in [0.29, 0.717) is 11.7 Å². The lowest BCUT2D eigenvalue weighted by Gasteiger charge is -1.89. The number of carbonyl (C=O) groups is 1. The first-order valence-corrected chi connectivity index (χ1v) is 3.33. The molecule has 0 radical (unpaired) electrons. The first-order valence-electron chi connectivity index (χ1n) is 3.33.